The SMILES string of the molecule is C=c1[nH]cc/c1=C(C)/C(=C\C)N=C(C)C(N)C1CC1. The van der Waals surface area contributed by atoms with Gasteiger partial charge in [-0.3, -0.25) is 4.99 Å². The van der Waals surface area contributed by atoms with E-state index in [9.17, 15) is 0 Å². The van der Waals surface area contributed by atoms with Gasteiger partial charge in [0.2, 0.25) is 0 Å². The van der Waals surface area contributed by atoms with E-state index in [-0.39, 0.29) is 6.04 Å². The van der Waals surface area contributed by atoms with Gasteiger partial charge in [-0.1, -0.05) is 12.7 Å². The van der Waals surface area contributed by atoms with Gasteiger partial charge in [-0.05, 0) is 51.2 Å². The van der Waals surface area contributed by atoms with Crippen LogP contribution in [0.3, 0.4) is 0 Å². The number of aliphatic imine (C=N–C) groups is 1. The van der Waals surface area contributed by atoms with Gasteiger partial charge in [-0.2, -0.15) is 0 Å². The Balaban J connectivity index is 2.34. The highest BCUT2D eigenvalue weighted by molar-refractivity contribution is 5.90. The van der Waals surface area contributed by atoms with Crippen molar-refractivity contribution in [1.29, 1.82) is 0 Å². The molecule has 102 valence electrons. The van der Waals surface area contributed by atoms with Crippen LogP contribution in [0, 0.1) is 5.92 Å². The van der Waals surface area contributed by atoms with E-state index in [4.69, 9.17) is 10.7 Å². The Morgan fingerprint density at radius 3 is 2.68 bits per heavy atom. The lowest BCUT2D eigenvalue weighted by molar-refractivity contribution is 0.740. The maximum absolute atomic E-state index is 6.19. The minimum absolute atomic E-state index is 0.105. The molecule has 0 saturated heterocycles. The summed E-state index contributed by atoms with van der Waals surface area (Å²) in [6.07, 6.45) is 6.41. The third-order valence-corrected chi connectivity index (χ3v) is 3.80. The molecule has 1 heterocycles. The van der Waals surface area contributed by atoms with Gasteiger partial charge in [0.05, 0.1) is 5.70 Å². The molecule has 0 amide bonds. The Bertz CT molecular complexity index is 615. The van der Waals surface area contributed by atoms with Crippen LogP contribution in [-0.2, 0) is 0 Å². The number of rotatable bonds is 4. The Kier molecular flexibility index (Phi) is 4.05. The van der Waals surface area contributed by atoms with E-state index < -0.39 is 0 Å². The van der Waals surface area contributed by atoms with E-state index in [1.165, 1.54) is 12.8 Å². The number of nitrogens with one attached hydrogen (secondary N) is 1. The van der Waals surface area contributed by atoms with Crippen molar-refractivity contribution in [2.45, 2.75) is 39.7 Å². The van der Waals surface area contributed by atoms with Crippen molar-refractivity contribution in [2.24, 2.45) is 16.6 Å². The highest BCUT2D eigenvalue weighted by atomic mass is 14.8. The van der Waals surface area contributed by atoms with Crippen molar-refractivity contribution in [3.63, 3.8) is 0 Å². The van der Waals surface area contributed by atoms with Gasteiger partial charge < -0.3 is 10.7 Å². The molecule has 0 aromatic carbocycles. The Hall–Kier alpha value is -1.61. The molecule has 2 rings (SSSR count). The number of aromatic amines is 1. The number of nitrogens with two attached hydrogens (primary N) is 1. The lowest BCUT2D eigenvalue weighted by Gasteiger charge is -2.11. The largest absolute Gasteiger partial charge is 0.362 e. The normalized spacial score (nSPS) is 20.4. The summed E-state index contributed by atoms with van der Waals surface area (Å²) in [5.74, 6) is 0.637. The van der Waals surface area contributed by atoms with Crippen LogP contribution in [0.25, 0.3) is 12.2 Å². The fourth-order valence-electron chi connectivity index (χ4n) is 2.32. The summed E-state index contributed by atoms with van der Waals surface area (Å²) in [4.78, 5) is 7.83. The van der Waals surface area contributed by atoms with E-state index in [1.807, 2.05) is 32.2 Å². The van der Waals surface area contributed by atoms with Crippen LogP contribution < -0.4 is 16.3 Å². The highest BCUT2D eigenvalue weighted by Gasteiger charge is 2.30. The molecule has 19 heavy (non-hydrogen) atoms. The number of hydrogen-bond donors (Lipinski definition) is 2. The van der Waals surface area contributed by atoms with Crippen molar-refractivity contribution in [1.82, 2.24) is 4.98 Å². The smallest absolute Gasteiger partial charge is 0.0622 e. The molecule has 3 nitrogen and oxygen atoms in total. The van der Waals surface area contributed by atoms with E-state index in [2.05, 4.69) is 18.5 Å². The summed E-state index contributed by atoms with van der Waals surface area (Å²) in [7, 11) is 0. The van der Waals surface area contributed by atoms with E-state index >= 15 is 0 Å². The third kappa shape index (κ3) is 3.04. The van der Waals surface area contributed by atoms with E-state index in [0.29, 0.717) is 5.92 Å². The highest BCUT2D eigenvalue weighted by Crippen LogP contribution is 2.32. The van der Waals surface area contributed by atoms with E-state index in [0.717, 1.165) is 27.5 Å². The summed E-state index contributed by atoms with van der Waals surface area (Å²) in [5.41, 5.74) is 9.33. The van der Waals surface area contributed by atoms with E-state index in [1.54, 1.807) is 0 Å². The number of aromatic nitrogens is 1. The maximum atomic E-state index is 6.19. The first-order valence-corrected chi connectivity index (χ1v) is 6.85. The minimum Gasteiger partial charge on any atom is -0.362 e. The zero-order chi connectivity index (χ0) is 14.0. The summed E-state index contributed by atoms with van der Waals surface area (Å²) < 4.78 is 0. The maximum Gasteiger partial charge on any atom is 0.0622 e. The lowest BCUT2D eigenvalue weighted by Crippen LogP contribution is -2.31. The monoisotopic (exact) mass is 257 g/mol. The van der Waals surface area contributed by atoms with Crippen LogP contribution in [-0.4, -0.2) is 16.7 Å². The molecule has 1 fully saturated rings. The van der Waals surface area contributed by atoms with Crippen molar-refractivity contribution < 1.29 is 0 Å². The second-order valence-electron chi connectivity index (χ2n) is 5.29. The summed E-state index contributed by atoms with van der Waals surface area (Å²) >= 11 is 0. The van der Waals surface area contributed by atoms with Gasteiger partial charge in [0.25, 0.3) is 0 Å². The summed E-state index contributed by atoms with van der Waals surface area (Å²) in [6, 6.07) is 2.14. The van der Waals surface area contributed by atoms with Crippen molar-refractivity contribution in [3.05, 3.63) is 34.6 Å². The second kappa shape index (κ2) is 5.57. The van der Waals surface area contributed by atoms with Crippen LogP contribution in [0.4, 0.5) is 0 Å². The zero-order valence-corrected chi connectivity index (χ0v) is 12.0. The fourth-order valence-corrected chi connectivity index (χ4v) is 2.32. The van der Waals surface area contributed by atoms with Gasteiger partial charge in [-0.15, -0.1) is 0 Å². The molecule has 0 spiro atoms. The first kappa shape index (κ1) is 13.8. The molecule has 0 radical (unpaired) electrons. The van der Waals surface area contributed by atoms with Gasteiger partial charge in [-0.25, -0.2) is 0 Å². The molecule has 1 aromatic rings. The number of nitrogens with zero attached hydrogens (tertiary/aromatic N) is 1. The van der Waals surface area contributed by atoms with Gasteiger partial charge >= 0.3 is 0 Å². The number of H-pyrrole nitrogens is 1. The van der Waals surface area contributed by atoms with Crippen LogP contribution in [0.1, 0.15) is 33.6 Å². The molecule has 1 aromatic heterocycles. The van der Waals surface area contributed by atoms with Crippen molar-refractivity contribution >= 4 is 17.9 Å². The molecule has 0 bridgehead atoms. The lowest BCUT2D eigenvalue weighted by atomic mass is 10.1. The Morgan fingerprint density at radius 1 is 1.53 bits per heavy atom. The number of hydrogen-bond acceptors (Lipinski definition) is 2. The zero-order valence-electron chi connectivity index (χ0n) is 12.0. The van der Waals surface area contributed by atoms with Gasteiger partial charge in [0, 0.05) is 28.5 Å². The summed E-state index contributed by atoms with van der Waals surface area (Å²) in [5, 5.41) is 2.04. The molecule has 1 saturated carbocycles. The predicted octanol–water partition coefficient (Wildman–Crippen LogP) is 1.70. The molecular formula is C16H23N3. The Morgan fingerprint density at radius 2 is 2.21 bits per heavy atom. The van der Waals surface area contributed by atoms with Crippen LogP contribution >= 0.6 is 0 Å². The fraction of sp³-hybridized carbons (Fsp3) is 0.438. The first-order valence-electron chi connectivity index (χ1n) is 6.85. The average Bonchev–Trinajstić information content (AvgIpc) is 3.16. The molecule has 1 unspecified atom stereocenters. The molecule has 1 atom stereocenters. The van der Waals surface area contributed by atoms with Gasteiger partial charge in [0.1, 0.15) is 0 Å². The van der Waals surface area contributed by atoms with Crippen molar-refractivity contribution in [3.8, 4) is 0 Å². The van der Waals surface area contributed by atoms with Crippen LogP contribution in [0.2, 0.25) is 0 Å². The molecule has 0 aliphatic heterocycles. The molecular weight excluding hydrogens is 234 g/mol. The molecule has 3 heteroatoms. The summed E-state index contributed by atoms with van der Waals surface area (Å²) in [6.45, 7) is 10.1. The topological polar surface area (TPSA) is 54.2 Å². The van der Waals surface area contributed by atoms with Crippen LogP contribution in [0.15, 0.2) is 29.0 Å². The molecule has 1 aliphatic carbocycles. The van der Waals surface area contributed by atoms with Crippen molar-refractivity contribution in [2.75, 3.05) is 0 Å². The van der Waals surface area contributed by atoms with Gasteiger partial charge in [0.15, 0.2) is 0 Å². The number of allylic oxidation sites excluding steroid dienone is 2. The standard InChI is InChI=1S/C16H23N3/c1-5-15(10(2)14-8-9-18-11(14)3)19-12(4)16(17)13-6-7-13/h5,8-9,13,16,18H,3,6-7,17H2,1-2,4H3/b14-10-,15-5+,19-12?. The average molecular weight is 257 g/mol. The van der Waals surface area contributed by atoms with Crippen LogP contribution in [0.5, 0.6) is 0 Å². The molecule has 3 N–H and O–H groups in total. The Labute approximate surface area is 114 Å². The third-order valence-electron chi connectivity index (χ3n) is 3.80. The molecule has 1 aliphatic rings. The second-order valence-corrected chi connectivity index (χ2v) is 5.29. The first-order chi connectivity index (χ1) is 9.04. The predicted molar refractivity (Wildman–Crippen MR) is 82.2 cm³/mol. The minimum atomic E-state index is 0.105. The quantitative estimate of drug-likeness (QED) is 0.793.